The molecule has 0 bridgehead atoms. The Morgan fingerprint density at radius 2 is 1.93 bits per heavy atom. The van der Waals surface area contributed by atoms with E-state index >= 15 is 0 Å². The van der Waals surface area contributed by atoms with Crippen LogP contribution in [0.1, 0.15) is 26.7 Å². The summed E-state index contributed by atoms with van der Waals surface area (Å²) in [7, 11) is 1.72. The Kier molecular flexibility index (Phi) is 3.50. The third-order valence-electron chi connectivity index (χ3n) is 2.61. The molecule has 4 nitrogen and oxygen atoms in total. The minimum Gasteiger partial charge on any atom is -0.381 e. The van der Waals surface area contributed by atoms with Crippen molar-refractivity contribution in [1.82, 2.24) is 4.90 Å². The van der Waals surface area contributed by atoms with Crippen molar-refractivity contribution in [2.45, 2.75) is 38.3 Å². The molecule has 14 heavy (non-hydrogen) atoms. The number of amides is 1. The lowest BCUT2D eigenvalue weighted by molar-refractivity contribution is -0.138. The number of ether oxygens (including phenoxy) is 1. The van der Waals surface area contributed by atoms with E-state index in [0.717, 1.165) is 25.9 Å². The maximum Gasteiger partial charge on any atom is 0.242 e. The SMILES string of the molecule is COC1CCN(C(=O)C(C)(C)N)CC1. The van der Waals surface area contributed by atoms with Crippen LogP contribution < -0.4 is 5.73 Å². The molecule has 0 atom stereocenters. The van der Waals surface area contributed by atoms with Crippen molar-refractivity contribution < 1.29 is 9.53 Å². The summed E-state index contributed by atoms with van der Waals surface area (Å²) >= 11 is 0. The fourth-order valence-corrected chi connectivity index (χ4v) is 1.70. The predicted molar refractivity (Wildman–Crippen MR) is 54.9 cm³/mol. The molecule has 1 rings (SSSR count). The molecule has 1 saturated heterocycles. The zero-order valence-electron chi connectivity index (χ0n) is 9.25. The van der Waals surface area contributed by atoms with Crippen LogP contribution in [0.5, 0.6) is 0 Å². The summed E-state index contributed by atoms with van der Waals surface area (Å²) in [5, 5.41) is 0. The molecule has 2 N–H and O–H groups in total. The zero-order valence-corrected chi connectivity index (χ0v) is 9.25. The number of carbonyl (C=O) groups is 1. The van der Waals surface area contributed by atoms with Crippen LogP contribution in [-0.2, 0) is 9.53 Å². The second-order valence-corrected chi connectivity index (χ2v) is 4.45. The second-order valence-electron chi connectivity index (χ2n) is 4.45. The number of piperidine rings is 1. The van der Waals surface area contributed by atoms with E-state index in [-0.39, 0.29) is 5.91 Å². The Morgan fingerprint density at radius 3 is 2.29 bits per heavy atom. The van der Waals surface area contributed by atoms with Crippen LogP contribution in [0.2, 0.25) is 0 Å². The van der Waals surface area contributed by atoms with Gasteiger partial charge in [0.1, 0.15) is 0 Å². The van der Waals surface area contributed by atoms with Crippen LogP contribution in [0.3, 0.4) is 0 Å². The van der Waals surface area contributed by atoms with E-state index in [9.17, 15) is 4.79 Å². The molecule has 4 heteroatoms. The summed E-state index contributed by atoms with van der Waals surface area (Å²) in [5.41, 5.74) is 5.00. The molecule has 0 aromatic carbocycles. The van der Waals surface area contributed by atoms with Gasteiger partial charge in [0.05, 0.1) is 11.6 Å². The fourth-order valence-electron chi connectivity index (χ4n) is 1.70. The summed E-state index contributed by atoms with van der Waals surface area (Å²) in [6, 6.07) is 0. The molecule has 0 aliphatic carbocycles. The quantitative estimate of drug-likeness (QED) is 0.700. The van der Waals surface area contributed by atoms with Gasteiger partial charge in [-0.1, -0.05) is 0 Å². The van der Waals surface area contributed by atoms with Crippen LogP contribution in [0.15, 0.2) is 0 Å². The summed E-state index contributed by atoms with van der Waals surface area (Å²) in [4.78, 5) is 13.6. The number of carbonyl (C=O) groups excluding carboxylic acids is 1. The van der Waals surface area contributed by atoms with Crippen molar-refractivity contribution >= 4 is 5.91 Å². The Morgan fingerprint density at radius 1 is 1.43 bits per heavy atom. The topological polar surface area (TPSA) is 55.6 Å². The molecular formula is C10H20N2O2. The lowest BCUT2D eigenvalue weighted by atomic mass is 10.0. The fraction of sp³-hybridized carbons (Fsp3) is 0.900. The Bertz CT molecular complexity index is 203. The molecule has 0 aromatic heterocycles. The zero-order chi connectivity index (χ0) is 10.8. The second kappa shape index (κ2) is 4.28. The summed E-state index contributed by atoms with van der Waals surface area (Å²) in [6.45, 7) is 5.02. The average Bonchev–Trinajstić information content (AvgIpc) is 2.15. The van der Waals surface area contributed by atoms with Gasteiger partial charge in [0, 0.05) is 20.2 Å². The largest absolute Gasteiger partial charge is 0.381 e. The van der Waals surface area contributed by atoms with E-state index in [4.69, 9.17) is 10.5 Å². The van der Waals surface area contributed by atoms with Gasteiger partial charge in [-0.2, -0.15) is 0 Å². The van der Waals surface area contributed by atoms with Gasteiger partial charge in [0.15, 0.2) is 0 Å². The maximum atomic E-state index is 11.8. The normalized spacial score (nSPS) is 19.9. The number of nitrogens with zero attached hydrogens (tertiary/aromatic N) is 1. The summed E-state index contributed by atoms with van der Waals surface area (Å²) < 4.78 is 5.24. The van der Waals surface area contributed by atoms with E-state index < -0.39 is 5.54 Å². The van der Waals surface area contributed by atoms with Crippen molar-refractivity contribution in [1.29, 1.82) is 0 Å². The first-order valence-electron chi connectivity index (χ1n) is 5.06. The highest BCUT2D eigenvalue weighted by molar-refractivity contribution is 5.85. The number of nitrogens with two attached hydrogens (primary N) is 1. The Hall–Kier alpha value is -0.610. The van der Waals surface area contributed by atoms with Crippen molar-refractivity contribution in [3.63, 3.8) is 0 Å². The minimum atomic E-state index is -0.750. The lowest BCUT2D eigenvalue weighted by Crippen LogP contribution is -2.53. The smallest absolute Gasteiger partial charge is 0.242 e. The average molecular weight is 200 g/mol. The Labute approximate surface area is 85.4 Å². The van der Waals surface area contributed by atoms with Crippen LogP contribution in [0.4, 0.5) is 0 Å². The first kappa shape index (κ1) is 11.5. The van der Waals surface area contributed by atoms with E-state index in [1.165, 1.54) is 0 Å². The highest BCUT2D eigenvalue weighted by Gasteiger charge is 2.30. The molecule has 0 aromatic rings. The maximum absolute atomic E-state index is 11.8. The van der Waals surface area contributed by atoms with Gasteiger partial charge >= 0.3 is 0 Å². The van der Waals surface area contributed by atoms with Crippen molar-refractivity contribution in [3.05, 3.63) is 0 Å². The molecule has 1 fully saturated rings. The predicted octanol–water partition coefficient (Wildman–Crippen LogP) is 0.361. The van der Waals surface area contributed by atoms with Gasteiger partial charge in [-0.3, -0.25) is 4.79 Å². The number of rotatable bonds is 2. The molecule has 0 spiro atoms. The Balaban J connectivity index is 2.46. The van der Waals surface area contributed by atoms with Gasteiger partial charge in [-0.15, -0.1) is 0 Å². The molecule has 1 aliphatic rings. The van der Waals surface area contributed by atoms with Crippen molar-refractivity contribution in [2.24, 2.45) is 5.73 Å². The molecule has 1 aliphatic heterocycles. The van der Waals surface area contributed by atoms with Crippen LogP contribution in [0.25, 0.3) is 0 Å². The molecule has 0 radical (unpaired) electrons. The molecule has 0 saturated carbocycles. The van der Waals surface area contributed by atoms with E-state index in [0.29, 0.717) is 6.10 Å². The first-order valence-corrected chi connectivity index (χ1v) is 5.06. The highest BCUT2D eigenvalue weighted by Crippen LogP contribution is 2.15. The van der Waals surface area contributed by atoms with Gasteiger partial charge in [0.2, 0.25) is 5.91 Å². The molecule has 82 valence electrons. The van der Waals surface area contributed by atoms with Gasteiger partial charge in [-0.25, -0.2) is 0 Å². The minimum absolute atomic E-state index is 0.0343. The van der Waals surface area contributed by atoms with E-state index in [2.05, 4.69) is 0 Å². The van der Waals surface area contributed by atoms with E-state index in [1.54, 1.807) is 21.0 Å². The van der Waals surface area contributed by atoms with E-state index in [1.807, 2.05) is 4.90 Å². The van der Waals surface area contributed by atoms with Crippen LogP contribution >= 0.6 is 0 Å². The first-order chi connectivity index (χ1) is 6.45. The molecule has 0 unspecified atom stereocenters. The third-order valence-corrected chi connectivity index (χ3v) is 2.61. The number of hydrogen-bond acceptors (Lipinski definition) is 3. The summed E-state index contributed by atoms with van der Waals surface area (Å²) in [5.74, 6) is 0.0343. The number of methoxy groups -OCH3 is 1. The molecule has 1 heterocycles. The third kappa shape index (κ3) is 2.69. The lowest BCUT2D eigenvalue weighted by Gasteiger charge is -2.35. The van der Waals surface area contributed by atoms with Crippen LogP contribution in [0, 0.1) is 0 Å². The van der Waals surface area contributed by atoms with Crippen molar-refractivity contribution in [3.8, 4) is 0 Å². The number of hydrogen-bond donors (Lipinski definition) is 1. The standard InChI is InChI=1S/C10H20N2O2/c1-10(2,11)9(13)12-6-4-8(14-3)5-7-12/h8H,4-7,11H2,1-3H3. The number of likely N-dealkylation sites (tertiary alicyclic amines) is 1. The van der Waals surface area contributed by atoms with Gasteiger partial charge in [0.25, 0.3) is 0 Å². The van der Waals surface area contributed by atoms with Crippen LogP contribution in [-0.4, -0.2) is 42.6 Å². The molecule has 1 amide bonds. The van der Waals surface area contributed by atoms with Gasteiger partial charge in [-0.05, 0) is 26.7 Å². The highest BCUT2D eigenvalue weighted by atomic mass is 16.5. The summed E-state index contributed by atoms with van der Waals surface area (Å²) in [6.07, 6.45) is 2.14. The molecular weight excluding hydrogens is 180 g/mol. The van der Waals surface area contributed by atoms with Crippen molar-refractivity contribution in [2.75, 3.05) is 20.2 Å². The monoisotopic (exact) mass is 200 g/mol. The van der Waals surface area contributed by atoms with Gasteiger partial charge < -0.3 is 15.4 Å².